The van der Waals surface area contributed by atoms with E-state index in [-0.39, 0.29) is 0 Å². The van der Waals surface area contributed by atoms with Crippen molar-refractivity contribution in [2.45, 2.75) is 57.8 Å². The van der Waals surface area contributed by atoms with Crippen molar-refractivity contribution in [3.8, 4) is 17.2 Å². The first-order valence-electron chi connectivity index (χ1n) is 31.3. The summed E-state index contributed by atoms with van der Waals surface area (Å²) >= 11 is 26.2. The van der Waals surface area contributed by atoms with Gasteiger partial charge in [-0.05, 0) is 261 Å². The minimum Gasteiger partial charge on any atom is -0.407 e. The Kier molecular flexibility index (Phi) is 27.1. The molecule has 6 fully saturated rings. The van der Waals surface area contributed by atoms with E-state index in [9.17, 15) is 0 Å². The highest BCUT2D eigenvalue weighted by Crippen LogP contribution is 2.62. The smallest absolute Gasteiger partial charge is 0.407 e. The van der Waals surface area contributed by atoms with Gasteiger partial charge in [0.1, 0.15) is 17.2 Å². The molecule has 0 spiro atoms. The third-order valence-electron chi connectivity index (χ3n) is 16.3. The van der Waals surface area contributed by atoms with Gasteiger partial charge < -0.3 is 45.5 Å². The van der Waals surface area contributed by atoms with Crippen molar-refractivity contribution in [1.29, 1.82) is 0 Å². The summed E-state index contributed by atoms with van der Waals surface area (Å²) in [5.41, 5.74) is 2.70. The van der Waals surface area contributed by atoms with Crippen LogP contribution in [0.25, 0.3) is 0 Å². The molecule has 6 bridgehead atoms. The van der Waals surface area contributed by atoms with Crippen LogP contribution in [0.5, 0.6) is 17.2 Å². The van der Waals surface area contributed by atoms with E-state index < -0.39 is 26.2 Å². The van der Waals surface area contributed by atoms with E-state index in [1.165, 1.54) is 0 Å². The molecule has 0 amide bonds. The Balaban J connectivity index is 0.900. The van der Waals surface area contributed by atoms with Crippen molar-refractivity contribution >= 4 is 92.1 Å². The lowest BCUT2D eigenvalue weighted by Gasteiger charge is -2.39. The Hall–Kier alpha value is -2.41. The van der Waals surface area contributed by atoms with Gasteiger partial charge in [0.05, 0.1) is 18.6 Å². The standard InChI is InChI=1S/C57H96N18O3P4S4/c1-67(79(83)70-37-7-31-58-25-4-26-59-32-8-38-71(79)44-43-70)64-49-52-13-19-55(20-14-52)76-82(86,77-56-21-15-53(16-22-56)50-65-68(2)80(84)72-39-9-33-60-27-5-28-61-34-10-40-73(80)46-45-72)78-57-23-17-54(18-24-57)51-66-69(3)81(85)74-41-11-35-62-29-6-30-63-36-12-42-75(81)48-47-74/h13-24,49-51,58-63H,4-12,25-48H2,1-3H3/b64-49+,65-50+,66-51+. The zero-order valence-electron chi connectivity index (χ0n) is 51.0. The summed E-state index contributed by atoms with van der Waals surface area (Å²) in [7, 11) is 6.11. The molecule has 6 unspecified atom stereocenters. The zero-order chi connectivity index (χ0) is 60.1. The van der Waals surface area contributed by atoms with Crippen LogP contribution in [0.4, 0.5) is 0 Å². The summed E-state index contributed by atoms with van der Waals surface area (Å²) in [4.78, 5) is 0. The number of hydrogen-bond donors (Lipinski definition) is 6. The minimum atomic E-state index is -3.58. The average molecular weight is 1330 g/mol. The third kappa shape index (κ3) is 18.6. The van der Waals surface area contributed by atoms with E-state index in [0.29, 0.717) is 17.2 Å². The maximum absolute atomic E-state index is 6.65. The number of hydrazone groups is 3. The van der Waals surface area contributed by atoms with Crippen LogP contribution in [0.1, 0.15) is 74.5 Å². The Morgan fingerprint density at radius 2 is 0.547 bits per heavy atom. The lowest BCUT2D eigenvalue weighted by molar-refractivity contribution is 0.384. The fourth-order valence-electron chi connectivity index (χ4n) is 11.6. The Labute approximate surface area is 534 Å². The highest BCUT2D eigenvalue weighted by molar-refractivity contribution is 8.12. The van der Waals surface area contributed by atoms with Crippen molar-refractivity contribution < 1.29 is 13.6 Å². The van der Waals surface area contributed by atoms with E-state index in [2.05, 4.69) is 59.9 Å². The minimum absolute atomic E-state index is 0.507. The number of nitrogens with zero attached hydrogens (tertiary/aromatic N) is 12. The summed E-state index contributed by atoms with van der Waals surface area (Å²) in [6, 6.07) is 23.1. The SMILES string of the molecule is CN(/N=C/c1ccc(OP(=S)(Oc2ccc(/C=N/N(C)P3(=S)N4CCCNCCCNCCCN3CC4)cc2)Oc2ccc(/C=N/N(C)P3(=S)N4CCCNCCCNCCCN3CC4)cc2)cc1)P1(=S)N2CCCNCCCNCCCN1CC2. The Morgan fingerprint density at radius 3 is 0.756 bits per heavy atom. The molecule has 0 aliphatic carbocycles. The predicted octanol–water partition coefficient (Wildman–Crippen LogP) is 6.86. The second kappa shape index (κ2) is 34.3. The summed E-state index contributed by atoms with van der Waals surface area (Å²) in [6.07, 6.45) is 15.4. The molecule has 9 rings (SSSR count). The van der Waals surface area contributed by atoms with Gasteiger partial charge in [-0.25, -0.2) is 42.4 Å². The highest BCUT2D eigenvalue weighted by Gasteiger charge is 2.44. The summed E-state index contributed by atoms with van der Waals surface area (Å²) in [5, 5.41) is 36.7. The van der Waals surface area contributed by atoms with Gasteiger partial charge in [-0.3, -0.25) is 0 Å². The van der Waals surface area contributed by atoms with Crippen LogP contribution in [0.3, 0.4) is 0 Å². The predicted molar refractivity (Wildman–Crippen MR) is 373 cm³/mol. The molecule has 86 heavy (non-hydrogen) atoms. The monoisotopic (exact) mass is 1330 g/mol. The first-order valence-corrected chi connectivity index (χ1v) is 41.8. The van der Waals surface area contributed by atoms with Crippen LogP contribution in [0.2, 0.25) is 0 Å². The Bertz CT molecular complexity index is 2480. The van der Waals surface area contributed by atoms with E-state index in [1.54, 1.807) is 0 Å². The maximum Gasteiger partial charge on any atom is 0.490 e. The molecule has 476 valence electrons. The van der Waals surface area contributed by atoms with Crippen molar-refractivity contribution in [2.75, 3.05) is 178 Å². The van der Waals surface area contributed by atoms with Crippen molar-refractivity contribution in [3.05, 3.63) is 89.5 Å². The molecule has 6 heterocycles. The number of benzene rings is 3. The molecule has 0 radical (unpaired) electrons. The van der Waals surface area contributed by atoms with Crippen molar-refractivity contribution in [2.24, 2.45) is 15.3 Å². The fourth-order valence-corrected chi connectivity index (χ4v) is 25.3. The van der Waals surface area contributed by atoms with Crippen LogP contribution in [-0.4, -0.2) is 239 Å². The highest BCUT2D eigenvalue weighted by atomic mass is 32.5. The molecule has 6 N–H and O–H groups in total. The van der Waals surface area contributed by atoms with Crippen LogP contribution in [0, 0.1) is 0 Å². The molecule has 6 atom stereocenters. The van der Waals surface area contributed by atoms with E-state index in [4.69, 9.17) is 76.1 Å². The number of hydrogen-bond acceptors (Lipinski definition) is 16. The summed E-state index contributed by atoms with van der Waals surface area (Å²) < 4.78 is 41.1. The lowest BCUT2D eigenvalue weighted by Crippen LogP contribution is -2.32. The van der Waals surface area contributed by atoms with Gasteiger partial charge in [0.15, 0.2) is 19.5 Å². The van der Waals surface area contributed by atoms with Crippen molar-refractivity contribution in [3.63, 3.8) is 0 Å². The van der Waals surface area contributed by atoms with E-state index >= 15 is 0 Å². The van der Waals surface area contributed by atoms with Gasteiger partial charge in [0, 0.05) is 111 Å². The molecule has 0 aromatic heterocycles. The van der Waals surface area contributed by atoms with E-state index in [0.717, 1.165) is 232 Å². The van der Waals surface area contributed by atoms with Gasteiger partial charge in [-0.2, -0.15) is 15.3 Å². The molecule has 29 heteroatoms. The molecule has 6 saturated heterocycles. The first-order chi connectivity index (χ1) is 41.9. The van der Waals surface area contributed by atoms with Crippen LogP contribution >= 0.6 is 26.2 Å². The van der Waals surface area contributed by atoms with Gasteiger partial charge >= 0.3 is 6.72 Å². The van der Waals surface area contributed by atoms with Gasteiger partial charge in [-0.15, -0.1) is 0 Å². The largest absolute Gasteiger partial charge is 0.490 e. The van der Waals surface area contributed by atoms with Gasteiger partial charge in [0.25, 0.3) is 0 Å². The van der Waals surface area contributed by atoms with Crippen LogP contribution in [-0.2, 0) is 47.2 Å². The van der Waals surface area contributed by atoms with Crippen LogP contribution in [0.15, 0.2) is 88.1 Å². The first kappa shape index (κ1) is 68.0. The summed E-state index contributed by atoms with van der Waals surface area (Å²) in [6.45, 7) is 13.1. The Morgan fingerprint density at radius 1 is 0.349 bits per heavy atom. The van der Waals surface area contributed by atoms with Crippen molar-refractivity contribution in [1.82, 2.24) is 74.3 Å². The molecule has 6 aliphatic rings. The quantitative estimate of drug-likeness (QED) is 0.0531. The second-order valence-corrected chi connectivity index (χ2v) is 38.0. The summed E-state index contributed by atoms with van der Waals surface area (Å²) in [5.74, 6) is 1.52. The average Bonchev–Trinajstić information content (AvgIpc) is 2.49. The number of nitrogens with one attached hydrogen (secondary N) is 6. The van der Waals surface area contributed by atoms with Gasteiger partial charge in [0.2, 0.25) is 0 Å². The molecule has 3 aromatic carbocycles. The second-order valence-electron chi connectivity index (χ2n) is 22.6. The molecule has 0 saturated carbocycles. The zero-order valence-corrected chi connectivity index (χ0v) is 57.9. The fraction of sp³-hybridized carbons (Fsp3) is 0.632. The topological polar surface area (TPSA) is 166 Å². The normalized spacial score (nSPS) is 30.8. The molecule has 6 aliphatic heterocycles. The van der Waals surface area contributed by atoms with Gasteiger partial charge in [-0.1, -0.05) is 0 Å². The van der Waals surface area contributed by atoms with Crippen LogP contribution < -0.4 is 45.5 Å². The molecular weight excluding hydrogens is 1240 g/mol. The number of fused-ring (bicyclic) bond motifs is 6. The number of rotatable bonds is 15. The lowest BCUT2D eigenvalue weighted by atomic mass is 10.2. The van der Waals surface area contributed by atoms with E-state index in [1.807, 2.05) is 127 Å². The maximum atomic E-state index is 6.65. The molecule has 21 nitrogen and oxygen atoms in total. The molecule has 3 aromatic rings. The molecular formula is C57H96N18O3P4S4. The third-order valence-corrected chi connectivity index (χ3v) is 34.0.